The normalized spacial score (nSPS) is 16.3. The van der Waals surface area contributed by atoms with Crippen molar-refractivity contribution in [2.75, 3.05) is 0 Å². The number of carboxylic acids is 1. The van der Waals surface area contributed by atoms with Gasteiger partial charge in [-0.3, -0.25) is 4.79 Å². The van der Waals surface area contributed by atoms with Gasteiger partial charge in [0.05, 0.1) is 6.10 Å². The molecule has 0 bridgehead atoms. The molecule has 2 atom stereocenters. The van der Waals surface area contributed by atoms with Crippen LogP contribution in [-0.2, 0) is 10.2 Å². The lowest BCUT2D eigenvalue weighted by molar-refractivity contribution is -0.143. The van der Waals surface area contributed by atoms with E-state index in [1.165, 1.54) is 12.5 Å². The van der Waals surface area contributed by atoms with Crippen molar-refractivity contribution in [3.05, 3.63) is 29.8 Å². The van der Waals surface area contributed by atoms with Crippen LogP contribution in [-0.4, -0.2) is 22.7 Å². The van der Waals surface area contributed by atoms with E-state index in [9.17, 15) is 4.79 Å². The van der Waals surface area contributed by atoms with Gasteiger partial charge in [0.15, 0.2) is 0 Å². The first kappa shape index (κ1) is 16.5. The van der Waals surface area contributed by atoms with Gasteiger partial charge in [-0.2, -0.15) is 0 Å². The van der Waals surface area contributed by atoms with Crippen LogP contribution in [0.25, 0.3) is 0 Å². The molecule has 0 heterocycles. The number of benzene rings is 1. The molecule has 112 valence electrons. The molecule has 0 saturated carbocycles. The number of nitrogens with two attached hydrogens (primary N) is 1. The van der Waals surface area contributed by atoms with E-state index >= 15 is 0 Å². The second kappa shape index (κ2) is 5.83. The topological polar surface area (TPSA) is 72.6 Å². The van der Waals surface area contributed by atoms with Crippen LogP contribution in [0.15, 0.2) is 24.3 Å². The maximum Gasteiger partial charge on any atom is 0.323 e. The third-order valence-electron chi connectivity index (χ3n) is 3.26. The molecule has 0 spiro atoms. The van der Waals surface area contributed by atoms with Gasteiger partial charge < -0.3 is 15.6 Å². The number of hydrogen-bond donors (Lipinski definition) is 2. The molecule has 4 heteroatoms. The zero-order chi connectivity index (χ0) is 15.6. The Bertz CT molecular complexity index is 458. The highest BCUT2D eigenvalue weighted by Gasteiger charge is 2.30. The predicted molar refractivity (Wildman–Crippen MR) is 80.1 cm³/mol. The van der Waals surface area contributed by atoms with E-state index in [-0.39, 0.29) is 17.9 Å². The Morgan fingerprint density at radius 3 is 2.15 bits per heavy atom. The summed E-state index contributed by atoms with van der Waals surface area (Å²) in [5.74, 6) is -0.289. The van der Waals surface area contributed by atoms with Crippen LogP contribution in [0.5, 0.6) is 5.75 Å². The molecule has 4 nitrogen and oxygen atoms in total. The number of carbonyl (C=O) groups is 1. The van der Waals surface area contributed by atoms with Crippen LogP contribution in [0.3, 0.4) is 0 Å². The van der Waals surface area contributed by atoms with Gasteiger partial charge in [-0.15, -0.1) is 0 Å². The number of hydrogen-bond acceptors (Lipinski definition) is 3. The van der Waals surface area contributed by atoms with Gasteiger partial charge in [-0.1, -0.05) is 32.9 Å². The van der Waals surface area contributed by atoms with Gasteiger partial charge in [0, 0.05) is 6.42 Å². The minimum Gasteiger partial charge on any atom is -0.491 e. The lowest BCUT2D eigenvalue weighted by Gasteiger charge is -2.24. The van der Waals surface area contributed by atoms with Crippen LogP contribution in [0.1, 0.15) is 46.6 Å². The molecule has 0 aromatic heterocycles. The number of aliphatic carboxylic acids is 1. The second-order valence-electron chi connectivity index (χ2n) is 6.63. The monoisotopic (exact) mass is 279 g/mol. The van der Waals surface area contributed by atoms with Gasteiger partial charge in [-0.05, 0) is 37.0 Å². The minimum atomic E-state index is -1.27. The van der Waals surface area contributed by atoms with E-state index in [4.69, 9.17) is 15.6 Å². The molecule has 1 rings (SSSR count). The van der Waals surface area contributed by atoms with Gasteiger partial charge in [0.2, 0.25) is 0 Å². The van der Waals surface area contributed by atoms with Crippen molar-refractivity contribution in [2.24, 2.45) is 5.73 Å². The van der Waals surface area contributed by atoms with Crippen molar-refractivity contribution in [3.8, 4) is 5.75 Å². The fraction of sp³-hybridized carbons (Fsp3) is 0.562. The van der Waals surface area contributed by atoms with Crippen molar-refractivity contribution in [1.82, 2.24) is 0 Å². The van der Waals surface area contributed by atoms with E-state index in [2.05, 4.69) is 20.8 Å². The van der Waals surface area contributed by atoms with Gasteiger partial charge >= 0.3 is 5.97 Å². The SMILES string of the molecule is CC(CC(C)(N)C(=O)O)Oc1ccc(C(C)(C)C)cc1. The summed E-state index contributed by atoms with van der Waals surface area (Å²) in [6.07, 6.45) is -0.00909. The van der Waals surface area contributed by atoms with Crippen molar-refractivity contribution in [2.45, 2.75) is 58.1 Å². The fourth-order valence-corrected chi connectivity index (χ4v) is 1.99. The largest absolute Gasteiger partial charge is 0.491 e. The number of rotatable bonds is 5. The summed E-state index contributed by atoms with van der Waals surface area (Å²) in [7, 11) is 0. The average Bonchev–Trinajstić information content (AvgIpc) is 2.27. The van der Waals surface area contributed by atoms with E-state index in [1.54, 1.807) is 0 Å². The third kappa shape index (κ3) is 4.53. The minimum absolute atomic E-state index is 0.100. The highest BCUT2D eigenvalue weighted by atomic mass is 16.5. The smallest absolute Gasteiger partial charge is 0.323 e. The Hall–Kier alpha value is -1.55. The van der Waals surface area contributed by atoms with Crippen molar-refractivity contribution < 1.29 is 14.6 Å². The van der Waals surface area contributed by atoms with E-state index in [0.717, 1.165) is 5.75 Å². The lowest BCUT2D eigenvalue weighted by atomic mass is 9.87. The standard InChI is InChI=1S/C16H25NO3/c1-11(10-16(5,17)14(18)19)20-13-8-6-12(7-9-13)15(2,3)4/h6-9,11H,10,17H2,1-5H3,(H,18,19). The molecular formula is C16H25NO3. The highest BCUT2D eigenvalue weighted by Crippen LogP contribution is 2.25. The molecule has 0 radical (unpaired) electrons. The molecule has 0 aliphatic heterocycles. The van der Waals surface area contributed by atoms with Crippen LogP contribution in [0.2, 0.25) is 0 Å². The molecule has 3 N–H and O–H groups in total. The van der Waals surface area contributed by atoms with E-state index < -0.39 is 11.5 Å². The molecule has 0 amide bonds. The molecule has 0 aliphatic carbocycles. The summed E-state index contributed by atoms with van der Waals surface area (Å²) in [5, 5.41) is 9.00. The van der Waals surface area contributed by atoms with Crippen molar-refractivity contribution >= 4 is 5.97 Å². The maximum atomic E-state index is 11.0. The van der Waals surface area contributed by atoms with E-state index in [1.807, 2.05) is 31.2 Å². The van der Waals surface area contributed by atoms with Crippen LogP contribution >= 0.6 is 0 Å². The van der Waals surface area contributed by atoms with Crippen LogP contribution in [0, 0.1) is 0 Å². The third-order valence-corrected chi connectivity index (χ3v) is 3.26. The zero-order valence-corrected chi connectivity index (χ0v) is 12.9. The second-order valence-corrected chi connectivity index (χ2v) is 6.63. The molecule has 2 unspecified atom stereocenters. The van der Waals surface area contributed by atoms with Gasteiger partial charge in [0.25, 0.3) is 0 Å². The maximum absolute atomic E-state index is 11.0. The first-order chi connectivity index (χ1) is 9.02. The molecular weight excluding hydrogens is 254 g/mol. The molecule has 1 aromatic rings. The summed E-state index contributed by atoms with van der Waals surface area (Å²) < 4.78 is 5.72. The summed E-state index contributed by atoms with van der Waals surface area (Å²) >= 11 is 0. The van der Waals surface area contributed by atoms with Crippen molar-refractivity contribution in [1.29, 1.82) is 0 Å². The van der Waals surface area contributed by atoms with Gasteiger partial charge in [0.1, 0.15) is 11.3 Å². The van der Waals surface area contributed by atoms with Gasteiger partial charge in [-0.25, -0.2) is 0 Å². The Kier molecular flexibility index (Phi) is 4.81. The van der Waals surface area contributed by atoms with Crippen LogP contribution in [0.4, 0.5) is 0 Å². The molecule has 0 saturated heterocycles. The first-order valence-corrected chi connectivity index (χ1v) is 6.82. The summed E-state index contributed by atoms with van der Waals surface area (Å²) in [4.78, 5) is 11.0. The zero-order valence-electron chi connectivity index (χ0n) is 12.9. The predicted octanol–water partition coefficient (Wildman–Crippen LogP) is 2.94. The summed E-state index contributed by atoms with van der Waals surface area (Å²) in [6, 6.07) is 7.87. The fourth-order valence-electron chi connectivity index (χ4n) is 1.99. The Labute approximate surface area is 120 Å². The lowest BCUT2D eigenvalue weighted by Crippen LogP contribution is -2.47. The Morgan fingerprint density at radius 2 is 1.75 bits per heavy atom. The summed E-state index contributed by atoms with van der Waals surface area (Å²) in [6.45, 7) is 9.78. The molecule has 0 fully saturated rings. The summed E-state index contributed by atoms with van der Waals surface area (Å²) in [5.41, 5.74) is 5.77. The highest BCUT2D eigenvalue weighted by molar-refractivity contribution is 5.77. The number of ether oxygens (including phenoxy) is 1. The Morgan fingerprint density at radius 1 is 1.25 bits per heavy atom. The Balaban J connectivity index is 2.68. The van der Waals surface area contributed by atoms with Crippen LogP contribution < -0.4 is 10.5 Å². The molecule has 1 aromatic carbocycles. The molecule has 0 aliphatic rings. The number of carboxylic acid groups (broad SMARTS) is 1. The van der Waals surface area contributed by atoms with Crippen molar-refractivity contribution in [3.63, 3.8) is 0 Å². The average molecular weight is 279 g/mol. The quantitative estimate of drug-likeness (QED) is 0.869. The molecule has 20 heavy (non-hydrogen) atoms. The first-order valence-electron chi connectivity index (χ1n) is 6.82. The van der Waals surface area contributed by atoms with E-state index in [0.29, 0.717) is 0 Å².